The van der Waals surface area contributed by atoms with Gasteiger partial charge < -0.3 is 4.74 Å². The highest BCUT2D eigenvalue weighted by molar-refractivity contribution is 8.18. The van der Waals surface area contributed by atoms with Crippen LogP contribution in [0.3, 0.4) is 0 Å². The van der Waals surface area contributed by atoms with Crippen molar-refractivity contribution in [2.24, 2.45) is 0 Å². The van der Waals surface area contributed by atoms with Crippen molar-refractivity contribution in [1.82, 2.24) is 4.90 Å². The lowest BCUT2D eigenvalue weighted by Gasteiger charge is -2.12. The third kappa shape index (κ3) is 5.57. The average Bonchev–Trinajstić information content (AvgIpc) is 3.06. The molecule has 1 aliphatic heterocycles. The van der Waals surface area contributed by atoms with Crippen LogP contribution < -0.4 is 4.74 Å². The van der Waals surface area contributed by atoms with Crippen molar-refractivity contribution in [2.45, 2.75) is 19.6 Å². The van der Waals surface area contributed by atoms with Crippen LogP contribution in [0.15, 0.2) is 71.6 Å². The minimum atomic E-state index is -4.74. The zero-order valence-corrected chi connectivity index (χ0v) is 19.4. The number of benzene rings is 3. The first kappa shape index (κ1) is 25.0. The van der Waals surface area contributed by atoms with Crippen LogP contribution in [0.4, 0.5) is 23.7 Å². The van der Waals surface area contributed by atoms with Gasteiger partial charge in [-0.15, -0.1) is 0 Å². The van der Waals surface area contributed by atoms with Gasteiger partial charge >= 0.3 is 11.9 Å². The highest BCUT2D eigenvalue weighted by Crippen LogP contribution is 2.38. The van der Waals surface area contributed by atoms with Crippen molar-refractivity contribution in [3.63, 3.8) is 0 Å². The van der Waals surface area contributed by atoms with E-state index in [4.69, 9.17) is 4.74 Å². The van der Waals surface area contributed by atoms with Crippen molar-refractivity contribution in [3.8, 4) is 11.5 Å². The van der Waals surface area contributed by atoms with E-state index in [1.807, 2.05) is 31.2 Å². The van der Waals surface area contributed by atoms with Crippen LogP contribution in [0, 0.1) is 17.0 Å². The van der Waals surface area contributed by atoms with Gasteiger partial charge in [-0.2, -0.15) is 13.2 Å². The Labute approximate surface area is 207 Å². The molecule has 3 aromatic rings. The zero-order chi connectivity index (χ0) is 26.0. The molecule has 0 atom stereocenters. The molecule has 0 unspecified atom stereocenters. The van der Waals surface area contributed by atoms with Crippen LogP contribution >= 0.6 is 11.8 Å². The second-order valence-electron chi connectivity index (χ2n) is 7.87. The maximum Gasteiger partial charge on any atom is 0.416 e. The fourth-order valence-corrected chi connectivity index (χ4v) is 4.34. The Morgan fingerprint density at radius 3 is 2.50 bits per heavy atom. The molecule has 36 heavy (non-hydrogen) atoms. The van der Waals surface area contributed by atoms with Gasteiger partial charge in [0, 0.05) is 6.07 Å². The molecule has 7 nitrogen and oxygen atoms in total. The van der Waals surface area contributed by atoms with Gasteiger partial charge in [-0.25, -0.2) is 0 Å². The van der Waals surface area contributed by atoms with E-state index in [1.165, 1.54) is 18.2 Å². The van der Waals surface area contributed by atoms with Crippen LogP contribution in [-0.2, 0) is 17.5 Å². The molecule has 1 heterocycles. The minimum Gasteiger partial charge on any atom is -0.450 e. The number of amides is 2. The molecule has 1 fully saturated rings. The third-order valence-corrected chi connectivity index (χ3v) is 6.07. The second kappa shape index (κ2) is 9.86. The molecule has 0 N–H and O–H groups in total. The van der Waals surface area contributed by atoms with Gasteiger partial charge in [0.2, 0.25) is 5.75 Å². The number of thioether (sulfide) groups is 1. The number of hydrogen-bond donors (Lipinski definition) is 0. The summed E-state index contributed by atoms with van der Waals surface area (Å²) in [7, 11) is 0. The highest BCUT2D eigenvalue weighted by Gasteiger charge is 2.35. The van der Waals surface area contributed by atoms with Crippen LogP contribution in [-0.4, -0.2) is 21.0 Å². The molecule has 3 aromatic carbocycles. The van der Waals surface area contributed by atoms with E-state index in [0.717, 1.165) is 33.9 Å². The summed E-state index contributed by atoms with van der Waals surface area (Å²) in [5, 5.41) is 10.9. The molecule has 4 rings (SSSR count). The molecule has 0 radical (unpaired) electrons. The molecular formula is C25H17F3N2O5S. The predicted octanol–water partition coefficient (Wildman–Crippen LogP) is 6.95. The first-order chi connectivity index (χ1) is 17.0. The van der Waals surface area contributed by atoms with Gasteiger partial charge in [0.25, 0.3) is 11.1 Å². The van der Waals surface area contributed by atoms with Gasteiger partial charge in [0.15, 0.2) is 0 Å². The van der Waals surface area contributed by atoms with E-state index >= 15 is 0 Å². The monoisotopic (exact) mass is 514 g/mol. The predicted molar refractivity (Wildman–Crippen MR) is 127 cm³/mol. The number of nitro groups is 1. The number of hydrogen-bond acceptors (Lipinski definition) is 6. The Balaban J connectivity index is 1.55. The molecule has 1 aliphatic rings. The van der Waals surface area contributed by atoms with E-state index in [9.17, 15) is 32.9 Å². The summed E-state index contributed by atoms with van der Waals surface area (Å²) in [6, 6.07) is 15.5. The number of carbonyl (C=O) groups excluding carboxylic acids is 2. The second-order valence-corrected chi connectivity index (χ2v) is 8.86. The number of alkyl halides is 3. The quantitative estimate of drug-likeness (QED) is 0.201. The number of halogens is 3. The lowest BCUT2D eigenvalue weighted by Crippen LogP contribution is -2.27. The first-order valence-electron chi connectivity index (χ1n) is 10.5. The van der Waals surface area contributed by atoms with Gasteiger partial charge in [-0.3, -0.25) is 24.6 Å². The van der Waals surface area contributed by atoms with Crippen molar-refractivity contribution in [2.75, 3.05) is 0 Å². The number of imide groups is 1. The average molecular weight is 514 g/mol. The molecule has 11 heteroatoms. The van der Waals surface area contributed by atoms with E-state index in [-0.39, 0.29) is 22.9 Å². The van der Waals surface area contributed by atoms with Crippen LogP contribution in [0.5, 0.6) is 11.5 Å². The smallest absolute Gasteiger partial charge is 0.416 e. The zero-order valence-electron chi connectivity index (χ0n) is 18.6. The van der Waals surface area contributed by atoms with Gasteiger partial charge in [0.05, 0.1) is 21.9 Å². The topological polar surface area (TPSA) is 89.8 Å². The molecular weight excluding hydrogens is 497 g/mol. The van der Waals surface area contributed by atoms with E-state index in [1.54, 1.807) is 12.1 Å². The first-order valence-corrected chi connectivity index (χ1v) is 11.3. The molecule has 0 aliphatic carbocycles. The molecule has 1 saturated heterocycles. The van der Waals surface area contributed by atoms with Crippen molar-refractivity contribution in [3.05, 3.63) is 104 Å². The summed E-state index contributed by atoms with van der Waals surface area (Å²) in [6.45, 7) is 2.04. The van der Waals surface area contributed by atoms with E-state index in [2.05, 4.69) is 0 Å². The molecule has 2 amide bonds. The largest absolute Gasteiger partial charge is 0.450 e. The van der Waals surface area contributed by atoms with E-state index in [0.29, 0.717) is 17.7 Å². The third-order valence-electron chi connectivity index (χ3n) is 5.16. The van der Waals surface area contributed by atoms with E-state index < -0.39 is 33.5 Å². The van der Waals surface area contributed by atoms with Gasteiger partial charge in [-0.05, 0) is 60.2 Å². The highest BCUT2D eigenvalue weighted by atomic mass is 32.2. The number of nitrogens with zero attached hydrogens (tertiary/aromatic N) is 2. The van der Waals surface area contributed by atoms with Crippen molar-refractivity contribution >= 4 is 34.7 Å². The van der Waals surface area contributed by atoms with Crippen molar-refractivity contribution in [1.29, 1.82) is 0 Å². The normalized spacial score (nSPS) is 15.0. The summed E-state index contributed by atoms with van der Waals surface area (Å²) >= 11 is 0.782. The number of rotatable bonds is 6. The summed E-state index contributed by atoms with van der Waals surface area (Å²) in [5.74, 6) is -0.731. The number of aryl methyl sites for hydroxylation is 1. The number of ether oxygens (including phenoxy) is 1. The minimum absolute atomic E-state index is 0.102. The molecule has 0 saturated carbocycles. The van der Waals surface area contributed by atoms with Crippen molar-refractivity contribution < 1.29 is 32.4 Å². The molecule has 0 spiro atoms. The Morgan fingerprint density at radius 1 is 1.06 bits per heavy atom. The Bertz CT molecular complexity index is 1400. The van der Waals surface area contributed by atoms with Crippen LogP contribution in [0.2, 0.25) is 0 Å². The number of carbonyl (C=O) groups is 2. The molecule has 0 bridgehead atoms. The summed E-state index contributed by atoms with van der Waals surface area (Å²) < 4.78 is 44.3. The maximum atomic E-state index is 12.9. The van der Waals surface area contributed by atoms with Gasteiger partial charge in [-0.1, -0.05) is 42.0 Å². The lowest BCUT2D eigenvalue weighted by molar-refractivity contribution is -0.385. The SMILES string of the molecule is Cc1cccc(CN2C(=O)S/C(=C/c3cccc(Oc4ccc(C(F)(F)F)cc4[N+](=O)[O-])c3)C2=O)c1. The fraction of sp³-hybridized carbons (Fsp3) is 0.120. The maximum absolute atomic E-state index is 12.9. The summed E-state index contributed by atoms with van der Waals surface area (Å²) in [4.78, 5) is 36.9. The van der Waals surface area contributed by atoms with Crippen LogP contribution in [0.1, 0.15) is 22.3 Å². The molecule has 0 aromatic heterocycles. The van der Waals surface area contributed by atoms with Gasteiger partial charge in [0.1, 0.15) is 5.75 Å². The molecule has 184 valence electrons. The standard InChI is InChI=1S/C25H17F3N2O5S/c1-15-4-2-6-17(10-15)14-29-23(31)22(36-24(29)32)12-16-5-3-7-19(11-16)35-21-9-8-18(25(26,27)28)13-20(21)30(33)34/h2-13H,14H2,1H3/b22-12+. The lowest BCUT2D eigenvalue weighted by atomic mass is 10.1. The Hall–Kier alpha value is -4.12. The summed E-state index contributed by atoms with van der Waals surface area (Å²) in [6.07, 6.45) is -3.26. The summed E-state index contributed by atoms with van der Waals surface area (Å²) in [5.41, 5.74) is 0.263. The van der Waals surface area contributed by atoms with Crippen LogP contribution in [0.25, 0.3) is 6.08 Å². The number of nitro benzene ring substituents is 1. The Morgan fingerprint density at radius 2 is 1.81 bits per heavy atom. The Kier molecular flexibility index (Phi) is 6.84. The fourth-order valence-electron chi connectivity index (χ4n) is 3.50.